The van der Waals surface area contributed by atoms with Crippen molar-refractivity contribution in [2.45, 2.75) is 19.9 Å². The van der Waals surface area contributed by atoms with Crippen molar-refractivity contribution in [3.8, 4) is 0 Å². The van der Waals surface area contributed by atoms with Crippen molar-refractivity contribution in [2.24, 2.45) is 7.05 Å². The van der Waals surface area contributed by atoms with Gasteiger partial charge in [0, 0.05) is 30.9 Å². The third-order valence-electron chi connectivity index (χ3n) is 3.46. The van der Waals surface area contributed by atoms with Gasteiger partial charge in [0.25, 0.3) is 5.91 Å². The molecule has 3 aromatic rings. The molecule has 0 fully saturated rings. The van der Waals surface area contributed by atoms with Crippen molar-refractivity contribution in [3.63, 3.8) is 0 Å². The Morgan fingerprint density at radius 2 is 2.29 bits per heavy atom. The van der Waals surface area contributed by atoms with Gasteiger partial charge in [-0.1, -0.05) is 19.1 Å². The van der Waals surface area contributed by atoms with Gasteiger partial charge in [-0.2, -0.15) is 10.2 Å². The van der Waals surface area contributed by atoms with Crippen LogP contribution in [0.1, 0.15) is 28.5 Å². The molecule has 2 heterocycles. The molecule has 1 aromatic carbocycles. The van der Waals surface area contributed by atoms with Gasteiger partial charge >= 0.3 is 0 Å². The average molecular weight is 283 g/mol. The quantitative estimate of drug-likeness (QED) is 0.766. The summed E-state index contributed by atoms with van der Waals surface area (Å²) in [6, 6.07) is 6.01. The Balaban J connectivity index is 1.72. The zero-order valence-electron chi connectivity index (χ0n) is 12.1. The number of hydrogen-bond donors (Lipinski definition) is 2. The molecule has 108 valence electrons. The molecule has 0 spiro atoms. The molecule has 0 aliphatic heterocycles. The molecule has 21 heavy (non-hydrogen) atoms. The number of H-pyrrole nitrogens is 1. The zero-order chi connectivity index (χ0) is 14.8. The van der Waals surface area contributed by atoms with Crippen LogP contribution in [0.5, 0.6) is 0 Å². The molecule has 0 radical (unpaired) electrons. The Kier molecular flexibility index (Phi) is 3.43. The standard InChI is InChI=1S/C15H17N5O/c1-3-13-12(8-17-18-13)15(21)16-7-10-4-5-11-9-20(2)19-14(11)6-10/h4-6,8-9H,3,7H2,1-2H3,(H,16,21)(H,17,18). The Morgan fingerprint density at radius 1 is 1.43 bits per heavy atom. The first kappa shape index (κ1) is 13.4. The van der Waals surface area contributed by atoms with Crippen LogP contribution in [-0.4, -0.2) is 25.9 Å². The lowest BCUT2D eigenvalue weighted by atomic mass is 10.1. The number of aromatic amines is 1. The predicted molar refractivity (Wildman–Crippen MR) is 79.8 cm³/mol. The largest absolute Gasteiger partial charge is 0.348 e. The zero-order valence-corrected chi connectivity index (χ0v) is 12.1. The van der Waals surface area contributed by atoms with E-state index in [4.69, 9.17) is 0 Å². The van der Waals surface area contributed by atoms with Crippen LogP contribution in [0, 0.1) is 0 Å². The SMILES string of the molecule is CCc1[nH]ncc1C(=O)NCc1ccc2cn(C)nc2c1. The molecular weight excluding hydrogens is 266 g/mol. The van der Waals surface area contributed by atoms with E-state index in [0.717, 1.165) is 28.6 Å². The molecule has 0 unspecified atom stereocenters. The maximum Gasteiger partial charge on any atom is 0.255 e. The highest BCUT2D eigenvalue weighted by Crippen LogP contribution is 2.14. The third-order valence-corrected chi connectivity index (χ3v) is 3.46. The van der Waals surface area contributed by atoms with Crippen LogP contribution in [0.15, 0.2) is 30.6 Å². The lowest BCUT2D eigenvalue weighted by molar-refractivity contribution is 0.0950. The van der Waals surface area contributed by atoms with Gasteiger partial charge in [-0.25, -0.2) is 0 Å². The van der Waals surface area contributed by atoms with E-state index in [9.17, 15) is 4.79 Å². The van der Waals surface area contributed by atoms with E-state index in [1.807, 2.05) is 38.4 Å². The highest BCUT2D eigenvalue weighted by Gasteiger charge is 2.12. The summed E-state index contributed by atoms with van der Waals surface area (Å²) in [6.07, 6.45) is 4.29. The fourth-order valence-corrected chi connectivity index (χ4v) is 2.35. The first-order valence-electron chi connectivity index (χ1n) is 6.90. The summed E-state index contributed by atoms with van der Waals surface area (Å²) in [5.74, 6) is -0.110. The summed E-state index contributed by atoms with van der Waals surface area (Å²) in [4.78, 5) is 12.1. The number of nitrogens with one attached hydrogen (secondary N) is 2. The lowest BCUT2D eigenvalue weighted by Gasteiger charge is -2.05. The van der Waals surface area contributed by atoms with Gasteiger partial charge in [0.05, 0.1) is 17.3 Å². The monoisotopic (exact) mass is 283 g/mol. The summed E-state index contributed by atoms with van der Waals surface area (Å²) in [5, 5.41) is 15.1. The third kappa shape index (κ3) is 2.65. The minimum Gasteiger partial charge on any atom is -0.348 e. The molecule has 2 N–H and O–H groups in total. The van der Waals surface area contributed by atoms with Crippen LogP contribution in [0.2, 0.25) is 0 Å². The molecule has 0 aliphatic carbocycles. The van der Waals surface area contributed by atoms with E-state index in [2.05, 4.69) is 20.6 Å². The van der Waals surface area contributed by atoms with Crippen molar-refractivity contribution in [2.75, 3.05) is 0 Å². The Hall–Kier alpha value is -2.63. The molecule has 0 atom stereocenters. The Labute approximate surface area is 122 Å². The molecule has 0 saturated carbocycles. The van der Waals surface area contributed by atoms with Crippen LogP contribution >= 0.6 is 0 Å². The average Bonchev–Trinajstić information content (AvgIpc) is 3.08. The topological polar surface area (TPSA) is 75.6 Å². The molecule has 0 aliphatic rings. The summed E-state index contributed by atoms with van der Waals surface area (Å²) < 4.78 is 1.78. The molecule has 3 rings (SSSR count). The van der Waals surface area contributed by atoms with Crippen molar-refractivity contribution in [3.05, 3.63) is 47.4 Å². The maximum atomic E-state index is 12.1. The number of aryl methyl sites for hydroxylation is 2. The molecule has 6 heteroatoms. The second-order valence-electron chi connectivity index (χ2n) is 4.99. The predicted octanol–water partition coefficient (Wildman–Crippen LogP) is 1.79. The highest BCUT2D eigenvalue weighted by molar-refractivity contribution is 5.95. The second-order valence-corrected chi connectivity index (χ2v) is 4.99. The summed E-state index contributed by atoms with van der Waals surface area (Å²) in [6.45, 7) is 2.46. The van der Waals surface area contributed by atoms with Crippen LogP contribution in [-0.2, 0) is 20.0 Å². The van der Waals surface area contributed by atoms with Gasteiger partial charge in [0.15, 0.2) is 0 Å². The fourth-order valence-electron chi connectivity index (χ4n) is 2.35. The summed E-state index contributed by atoms with van der Waals surface area (Å²) in [7, 11) is 1.90. The number of hydrogen-bond acceptors (Lipinski definition) is 3. The number of carbonyl (C=O) groups is 1. The van der Waals surface area contributed by atoms with Crippen molar-refractivity contribution < 1.29 is 4.79 Å². The first-order chi connectivity index (χ1) is 10.2. The molecule has 0 bridgehead atoms. The van der Waals surface area contributed by atoms with E-state index in [-0.39, 0.29) is 5.91 Å². The number of carbonyl (C=O) groups excluding carboxylic acids is 1. The summed E-state index contributed by atoms with van der Waals surface area (Å²) in [5.41, 5.74) is 3.42. The molecule has 6 nitrogen and oxygen atoms in total. The number of nitrogens with zero attached hydrogens (tertiary/aromatic N) is 3. The molecule has 2 aromatic heterocycles. The van der Waals surface area contributed by atoms with Gasteiger partial charge in [-0.05, 0) is 18.1 Å². The number of fused-ring (bicyclic) bond motifs is 1. The first-order valence-corrected chi connectivity index (χ1v) is 6.90. The minimum atomic E-state index is -0.110. The number of amides is 1. The van der Waals surface area contributed by atoms with Crippen molar-refractivity contribution >= 4 is 16.8 Å². The van der Waals surface area contributed by atoms with Crippen LogP contribution in [0.25, 0.3) is 10.9 Å². The molecule has 0 saturated heterocycles. The fraction of sp³-hybridized carbons (Fsp3) is 0.267. The molecule has 1 amide bonds. The van der Waals surface area contributed by atoms with Gasteiger partial charge in [0.1, 0.15) is 0 Å². The van der Waals surface area contributed by atoms with E-state index >= 15 is 0 Å². The van der Waals surface area contributed by atoms with Gasteiger partial charge < -0.3 is 5.32 Å². The van der Waals surface area contributed by atoms with E-state index < -0.39 is 0 Å². The Bertz CT molecular complexity index is 786. The van der Waals surface area contributed by atoms with Crippen LogP contribution in [0.3, 0.4) is 0 Å². The lowest BCUT2D eigenvalue weighted by Crippen LogP contribution is -2.23. The minimum absolute atomic E-state index is 0.110. The second kappa shape index (κ2) is 5.40. The van der Waals surface area contributed by atoms with E-state index in [1.165, 1.54) is 0 Å². The van der Waals surface area contributed by atoms with E-state index in [0.29, 0.717) is 12.1 Å². The van der Waals surface area contributed by atoms with Crippen molar-refractivity contribution in [1.29, 1.82) is 0 Å². The van der Waals surface area contributed by atoms with Gasteiger partial charge in [-0.3, -0.25) is 14.6 Å². The van der Waals surface area contributed by atoms with Gasteiger partial charge in [-0.15, -0.1) is 0 Å². The van der Waals surface area contributed by atoms with Crippen molar-refractivity contribution in [1.82, 2.24) is 25.3 Å². The normalized spacial score (nSPS) is 11.0. The number of rotatable bonds is 4. The Morgan fingerprint density at radius 3 is 3.10 bits per heavy atom. The smallest absolute Gasteiger partial charge is 0.255 e. The van der Waals surface area contributed by atoms with Gasteiger partial charge in [0.2, 0.25) is 0 Å². The van der Waals surface area contributed by atoms with E-state index in [1.54, 1.807) is 10.9 Å². The summed E-state index contributed by atoms with van der Waals surface area (Å²) >= 11 is 0. The maximum absolute atomic E-state index is 12.1. The number of aromatic nitrogens is 4. The number of benzene rings is 1. The van der Waals surface area contributed by atoms with Crippen LogP contribution in [0.4, 0.5) is 0 Å². The highest BCUT2D eigenvalue weighted by atomic mass is 16.1. The van der Waals surface area contributed by atoms with Crippen LogP contribution < -0.4 is 5.32 Å². The molecular formula is C15H17N5O.